The number of amides is 1. The standard InChI is InChI=1S/C32H42N4O5S/c1-22(2)25-10-6-9-24(14-25)20-33-21-31(37)30-16-23-8-7-11-29(15-23)41-13-5-4-12-34-27-17-26(32(38)35-30)18-28(19-27)36-42(3,39)40/h6-11,14-15,17-19,22,30-31,33-34,36-37H,4-5,12-13,16,20-21H2,1-3H3,(H,35,38)/t30-,31+/m0/s1. The van der Waals surface area contributed by atoms with Crippen molar-refractivity contribution in [1.82, 2.24) is 10.6 Å². The molecule has 5 N–H and O–H groups in total. The Balaban J connectivity index is 1.56. The molecule has 4 rings (SSSR count). The van der Waals surface area contributed by atoms with Gasteiger partial charge in [0.2, 0.25) is 10.0 Å². The van der Waals surface area contributed by atoms with Gasteiger partial charge in [-0.1, -0.05) is 50.2 Å². The molecule has 226 valence electrons. The van der Waals surface area contributed by atoms with E-state index in [0.29, 0.717) is 37.7 Å². The Kier molecular flexibility index (Phi) is 10.8. The maximum absolute atomic E-state index is 13.6. The third kappa shape index (κ3) is 9.75. The third-order valence-corrected chi connectivity index (χ3v) is 7.71. The quantitative estimate of drug-likeness (QED) is 0.264. The second-order valence-corrected chi connectivity index (χ2v) is 12.9. The number of hydrogen-bond donors (Lipinski definition) is 5. The number of carbonyl (C=O) groups excluding carboxylic acids is 1. The SMILES string of the molecule is CC(C)c1cccc(CNC[C@@H](O)[C@@H]2Cc3cccc(c3)OCCCCNc3cc(NS(C)(=O)=O)cc(c3)C(=O)N2)c1. The summed E-state index contributed by atoms with van der Waals surface area (Å²) in [6.07, 6.45) is 2.19. The first-order valence-electron chi connectivity index (χ1n) is 14.4. The molecule has 3 aromatic carbocycles. The number of aliphatic hydroxyl groups is 1. The molecule has 4 bridgehead atoms. The lowest BCUT2D eigenvalue weighted by molar-refractivity contribution is 0.0830. The molecule has 0 radical (unpaired) electrons. The summed E-state index contributed by atoms with van der Waals surface area (Å²) in [4.78, 5) is 13.6. The van der Waals surface area contributed by atoms with E-state index in [-0.39, 0.29) is 17.8 Å². The highest BCUT2D eigenvalue weighted by molar-refractivity contribution is 7.92. The van der Waals surface area contributed by atoms with Gasteiger partial charge >= 0.3 is 0 Å². The van der Waals surface area contributed by atoms with E-state index in [1.54, 1.807) is 12.1 Å². The first-order valence-corrected chi connectivity index (χ1v) is 16.3. The van der Waals surface area contributed by atoms with E-state index in [2.05, 4.69) is 46.7 Å². The van der Waals surface area contributed by atoms with Gasteiger partial charge in [-0.3, -0.25) is 9.52 Å². The molecular formula is C32H42N4O5S. The van der Waals surface area contributed by atoms with Crippen molar-refractivity contribution in [1.29, 1.82) is 0 Å². The highest BCUT2D eigenvalue weighted by Crippen LogP contribution is 2.22. The normalized spacial score (nSPS) is 17.1. The van der Waals surface area contributed by atoms with Crippen LogP contribution in [0.4, 0.5) is 11.4 Å². The summed E-state index contributed by atoms with van der Waals surface area (Å²) < 4.78 is 32.3. The number of rotatable bonds is 8. The number of fused-ring (bicyclic) bond motifs is 4. The minimum atomic E-state index is -3.55. The molecule has 1 amide bonds. The van der Waals surface area contributed by atoms with E-state index in [1.807, 2.05) is 36.4 Å². The maximum Gasteiger partial charge on any atom is 0.251 e. The second-order valence-electron chi connectivity index (χ2n) is 11.2. The van der Waals surface area contributed by atoms with E-state index >= 15 is 0 Å². The van der Waals surface area contributed by atoms with Gasteiger partial charge in [0.1, 0.15) is 5.75 Å². The molecule has 0 unspecified atom stereocenters. The van der Waals surface area contributed by atoms with Crippen molar-refractivity contribution in [3.63, 3.8) is 0 Å². The zero-order valence-corrected chi connectivity index (χ0v) is 25.3. The van der Waals surface area contributed by atoms with Gasteiger partial charge in [0.05, 0.1) is 30.7 Å². The van der Waals surface area contributed by atoms with Gasteiger partial charge in [-0.05, 0) is 72.2 Å². The fourth-order valence-electron chi connectivity index (χ4n) is 4.90. The number of sulfonamides is 1. The smallest absolute Gasteiger partial charge is 0.251 e. The summed E-state index contributed by atoms with van der Waals surface area (Å²) in [6, 6.07) is 20.3. The predicted octanol–water partition coefficient (Wildman–Crippen LogP) is 4.26. The van der Waals surface area contributed by atoms with Gasteiger partial charge in [-0.2, -0.15) is 0 Å². The van der Waals surface area contributed by atoms with Crippen LogP contribution in [0.25, 0.3) is 0 Å². The fourth-order valence-corrected chi connectivity index (χ4v) is 5.45. The van der Waals surface area contributed by atoms with Crippen LogP contribution in [0.15, 0.2) is 66.7 Å². The lowest BCUT2D eigenvalue weighted by Gasteiger charge is -2.25. The Morgan fingerprint density at radius 2 is 1.86 bits per heavy atom. The van der Waals surface area contributed by atoms with Gasteiger partial charge < -0.3 is 25.8 Å². The van der Waals surface area contributed by atoms with E-state index in [4.69, 9.17) is 4.74 Å². The highest BCUT2D eigenvalue weighted by atomic mass is 32.2. The Morgan fingerprint density at radius 3 is 2.64 bits per heavy atom. The molecule has 0 aliphatic carbocycles. The zero-order chi connectivity index (χ0) is 30.1. The number of hydrogen-bond acceptors (Lipinski definition) is 7. The van der Waals surface area contributed by atoms with Crippen LogP contribution >= 0.6 is 0 Å². The molecule has 1 aliphatic heterocycles. The molecule has 1 heterocycles. The van der Waals surface area contributed by atoms with Crippen molar-refractivity contribution < 1.29 is 23.1 Å². The van der Waals surface area contributed by atoms with Crippen molar-refractivity contribution in [2.24, 2.45) is 0 Å². The van der Waals surface area contributed by atoms with Crippen molar-refractivity contribution in [2.75, 3.05) is 36.0 Å². The van der Waals surface area contributed by atoms with Crippen LogP contribution in [-0.2, 0) is 23.0 Å². The van der Waals surface area contributed by atoms with Gasteiger partial charge in [0.15, 0.2) is 0 Å². The molecule has 3 aromatic rings. The highest BCUT2D eigenvalue weighted by Gasteiger charge is 2.23. The Morgan fingerprint density at radius 1 is 1.05 bits per heavy atom. The summed E-state index contributed by atoms with van der Waals surface area (Å²) >= 11 is 0. The van der Waals surface area contributed by atoms with Crippen LogP contribution in [-0.4, -0.2) is 57.5 Å². The van der Waals surface area contributed by atoms with Crippen molar-refractivity contribution in [3.05, 3.63) is 89.0 Å². The molecule has 0 fully saturated rings. The summed E-state index contributed by atoms with van der Waals surface area (Å²) in [7, 11) is -3.55. The van der Waals surface area contributed by atoms with Crippen molar-refractivity contribution in [3.8, 4) is 5.75 Å². The zero-order valence-electron chi connectivity index (χ0n) is 24.5. The molecule has 0 aromatic heterocycles. The number of nitrogens with one attached hydrogen (secondary N) is 4. The lowest BCUT2D eigenvalue weighted by Crippen LogP contribution is -2.48. The minimum Gasteiger partial charge on any atom is -0.494 e. The van der Waals surface area contributed by atoms with Gasteiger partial charge in [-0.15, -0.1) is 0 Å². The summed E-state index contributed by atoms with van der Waals surface area (Å²) in [6.45, 7) is 6.32. The van der Waals surface area contributed by atoms with Crippen LogP contribution in [0.1, 0.15) is 59.7 Å². The van der Waals surface area contributed by atoms with E-state index in [0.717, 1.165) is 36.0 Å². The monoisotopic (exact) mass is 594 g/mol. The van der Waals surface area contributed by atoms with Crippen LogP contribution < -0.4 is 25.4 Å². The number of carbonyl (C=O) groups is 1. The lowest BCUT2D eigenvalue weighted by atomic mass is 9.99. The molecule has 2 atom stereocenters. The number of benzene rings is 3. The third-order valence-electron chi connectivity index (χ3n) is 7.10. The van der Waals surface area contributed by atoms with Crippen molar-refractivity contribution in [2.45, 2.75) is 57.7 Å². The summed E-state index contributed by atoms with van der Waals surface area (Å²) in [5, 5.41) is 20.9. The fraction of sp³-hybridized carbons (Fsp3) is 0.406. The Bertz CT molecular complexity index is 1460. The molecule has 0 spiro atoms. The second kappa shape index (κ2) is 14.5. The minimum absolute atomic E-state index is 0.259. The molecule has 0 saturated heterocycles. The van der Waals surface area contributed by atoms with E-state index < -0.39 is 28.1 Å². The first-order chi connectivity index (χ1) is 20.1. The van der Waals surface area contributed by atoms with Gasteiger partial charge in [0.25, 0.3) is 5.91 Å². The number of anilines is 2. The van der Waals surface area contributed by atoms with Gasteiger partial charge in [0, 0.05) is 30.9 Å². The number of ether oxygens (including phenoxy) is 1. The number of aliphatic hydroxyl groups excluding tert-OH is 1. The largest absolute Gasteiger partial charge is 0.494 e. The van der Waals surface area contributed by atoms with Crippen LogP contribution in [0, 0.1) is 0 Å². The summed E-state index contributed by atoms with van der Waals surface area (Å²) in [5.74, 6) is 0.756. The van der Waals surface area contributed by atoms with Crippen LogP contribution in [0.5, 0.6) is 5.75 Å². The molecule has 0 saturated carbocycles. The van der Waals surface area contributed by atoms with Gasteiger partial charge in [-0.25, -0.2) is 8.42 Å². The Hall–Kier alpha value is -3.60. The Labute approximate surface area is 249 Å². The van der Waals surface area contributed by atoms with Crippen LogP contribution in [0.3, 0.4) is 0 Å². The molecule has 10 heteroatoms. The molecular weight excluding hydrogens is 552 g/mol. The average molecular weight is 595 g/mol. The topological polar surface area (TPSA) is 129 Å². The van der Waals surface area contributed by atoms with E-state index in [1.165, 1.54) is 11.6 Å². The molecule has 1 aliphatic rings. The average Bonchev–Trinajstić information content (AvgIpc) is 2.93. The van der Waals surface area contributed by atoms with Crippen molar-refractivity contribution >= 4 is 27.3 Å². The van der Waals surface area contributed by atoms with Crippen LogP contribution in [0.2, 0.25) is 0 Å². The predicted molar refractivity (Wildman–Crippen MR) is 168 cm³/mol. The molecule has 9 nitrogen and oxygen atoms in total. The molecule has 42 heavy (non-hydrogen) atoms. The summed E-state index contributed by atoms with van der Waals surface area (Å²) in [5.41, 5.74) is 4.48. The first kappa shape index (κ1) is 31.3. The van der Waals surface area contributed by atoms with E-state index in [9.17, 15) is 18.3 Å². The maximum atomic E-state index is 13.6.